The van der Waals surface area contributed by atoms with Gasteiger partial charge in [0.2, 0.25) is 5.91 Å². The summed E-state index contributed by atoms with van der Waals surface area (Å²) < 4.78 is 23.5. The summed E-state index contributed by atoms with van der Waals surface area (Å²) in [6.07, 6.45) is 37.6. The van der Waals surface area contributed by atoms with E-state index < -0.39 is 20.0 Å². The number of likely N-dealkylation sites (N-methyl/N-ethyl adjacent to an activating group) is 1. The molecule has 0 spiro atoms. The lowest BCUT2D eigenvalue weighted by Gasteiger charge is -2.26. The minimum Gasteiger partial charge on any atom is -0.391 e. The minimum atomic E-state index is -4.31. The summed E-state index contributed by atoms with van der Waals surface area (Å²) in [5, 5.41) is 13.9. The van der Waals surface area contributed by atoms with Crippen LogP contribution in [0.3, 0.4) is 0 Å². The topological polar surface area (TPSA) is 105 Å². The van der Waals surface area contributed by atoms with Crippen molar-refractivity contribution in [3.05, 3.63) is 24.3 Å². The third-order valence-electron chi connectivity index (χ3n) is 9.20. The number of phosphoric ester groups is 1. The van der Waals surface area contributed by atoms with E-state index in [-0.39, 0.29) is 19.1 Å². The lowest BCUT2D eigenvalue weighted by molar-refractivity contribution is -0.870. The van der Waals surface area contributed by atoms with E-state index in [4.69, 9.17) is 9.05 Å². The second kappa shape index (κ2) is 33.8. The highest BCUT2D eigenvalue weighted by atomic mass is 31.2. The predicted octanol–water partition coefficient (Wildman–Crippen LogP) is 11.0. The Bertz CT molecular complexity index is 876. The number of aliphatic hydroxyl groups is 1. The zero-order valence-electron chi connectivity index (χ0n) is 33.4. The molecule has 0 aromatic rings. The first kappa shape index (κ1) is 49.0. The fourth-order valence-electron chi connectivity index (χ4n) is 5.84. The van der Waals surface area contributed by atoms with Gasteiger partial charge in [-0.2, -0.15) is 0 Å². The average Bonchev–Trinajstić information content (AvgIpc) is 3.06. The molecule has 1 amide bonds. The quantitative estimate of drug-likeness (QED) is 0.0254. The molecule has 0 heterocycles. The number of hydrogen-bond acceptors (Lipinski definition) is 5. The first-order chi connectivity index (χ1) is 24.0. The highest BCUT2D eigenvalue weighted by Gasteiger charge is 2.28. The number of amides is 1. The zero-order chi connectivity index (χ0) is 37.2. The van der Waals surface area contributed by atoms with E-state index in [0.29, 0.717) is 23.9 Å². The molecule has 9 heteroatoms. The number of aliphatic hydroxyl groups excluding tert-OH is 1. The molecular weight excluding hydrogens is 647 g/mol. The zero-order valence-corrected chi connectivity index (χ0v) is 34.3. The van der Waals surface area contributed by atoms with Gasteiger partial charge in [0, 0.05) is 6.42 Å². The SMILES string of the molecule is CCCCC/C=C\C/C=C\CCCCCCCC(=O)NC(COP(=O)(O)OCC[N+](C)(C)C)C(O)CCCCCCCCCCCCCCC. The number of nitrogens with one attached hydrogen (secondary N) is 1. The monoisotopic (exact) mass is 730 g/mol. The lowest BCUT2D eigenvalue weighted by atomic mass is 10.0. The molecule has 3 atom stereocenters. The van der Waals surface area contributed by atoms with Gasteiger partial charge in [-0.25, -0.2) is 4.57 Å². The Balaban J connectivity index is 4.45. The Morgan fingerprint density at radius 3 is 1.68 bits per heavy atom. The highest BCUT2D eigenvalue weighted by molar-refractivity contribution is 7.47. The highest BCUT2D eigenvalue weighted by Crippen LogP contribution is 2.43. The van der Waals surface area contributed by atoms with Crippen LogP contribution in [-0.4, -0.2) is 73.4 Å². The number of phosphoric acid groups is 1. The van der Waals surface area contributed by atoms with Gasteiger partial charge >= 0.3 is 7.82 Å². The van der Waals surface area contributed by atoms with Crippen LogP contribution < -0.4 is 5.32 Å². The van der Waals surface area contributed by atoms with E-state index in [0.717, 1.165) is 64.2 Å². The van der Waals surface area contributed by atoms with Crippen molar-refractivity contribution in [2.24, 2.45) is 0 Å². The van der Waals surface area contributed by atoms with Crippen LogP contribution in [0.2, 0.25) is 0 Å². The molecule has 296 valence electrons. The van der Waals surface area contributed by atoms with E-state index in [9.17, 15) is 19.4 Å². The van der Waals surface area contributed by atoms with Gasteiger partial charge < -0.3 is 19.8 Å². The summed E-state index contributed by atoms with van der Waals surface area (Å²) in [7, 11) is 1.60. The smallest absolute Gasteiger partial charge is 0.391 e. The third-order valence-corrected chi connectivity index (χ3v) is 10.2. The van der Waals surface area contributed by atoms with Crippen molar-refractivity contribution in [3.8, 4) is 0 Å². The number of nitrogens with zero attached hydrogens (tertiary/aromatic N) is 1. The molecule has 3 unspecified atom stereocenters. The number of hydrogen-bond donors (Lipinski definition) is 3. The van der Waals surface area contributed by atoms with E-state index in [1.165, 1.54) is 89.9 Å². The molecule has 0 aliphatic rings. The Kier molecular flexibility index (Phi) is 33.1. The van der Waals surface area contributed by atoms with Gasteiger partial charge in [-0.3, -0.25) is 13.8 Å². The Morgan fingerprint density at radius 2 is 1.14 bits per heavy atom. The number of unbranched alkanes of at least 4 members (excludes halogenated alkanes) is 20. The Hall–Kier alpha value is -1.02. The van der Waals surface area contributed by atoms with E-state index >= 15 is 0 Å². The van der Waals surface area contributed by atoms with Crippen LogP contribution in [0.5, 0.6) is 0 Å². The van der Waals surface area contributed by atoms with Crippen molar-refractivity contribution in [3.63, 3.8) is 0 Å². The molecule has 0 radical (unpaired) electrons. The van der Waals surface area contributed by atoms with Crippen molar-refractivity contribution in [1.29, 1.82) is 0 Å². The summed E-state index contributed by atoms with van der Waals surface area (Å²) in [4.78, 5) is 23.1. The first-order valence-electron chi connectivity index (χ1n) is 20.7. The molecule has 0 saturated carbocycles. The molecule has 8 nitrogen and oxygen atoms in total. The molecule has 3 N–H and O–H groups in total. The molecule has 0 aliphatic carbocycles. The maximum Gasteiger partial charge on any atom is 0.472 e. The summed E-state index contributed by atoms with van der Waals surface area (Å²) in [6, 6.07) is -0.764. The van der Waals surface area contributed by atoms with Crippen LogP contribution in [-0.2, 0) is 18.4 Å². The van der Waals surface area contributed by atoms with Crippen LogP contribution in [0.4, 0.5) is 0 Å². The van der Waals surface area contributed by atoms with Gasteiger partial charge in [0.25, 0.3) is 0 Å². The maximum atomic E-state index is 12.8. The van der Waals surface area contributed by atoms with Crippen molar-refractivity contribution in [1.82, 2.24) is 5.32 Å². The van der Waals surface area contributed by atoms with Gasteiger partial charge in [0.1, 0.15) is 13.2 Å². The summed E-state index contributed by atoms with van der Waals surface area (Å²) in [6.45, 7) is 4.83. The van der Waals surface area contributed by atoms with Crippen molar-refractivity contribution < 1.29 is 32.9 Å². The van der Waals surface area contributed by atoms with Gasteiger partial charge in [0.05, 0.1) is 39.9 Å². The molecule has 0 rings (SSSR count). The Labute approximate surface area is 309 Å². The average molecular weight is 730 g/mol. The molecule has 0 bridgehead atoms. The van der Waals surface area contributed by atoms with Crippen LogP contribution in [0.1, 0.15) is 181 Å². The summed E-state index contributed by atoms with van der Waals surface area (Å²) in [5.74, 6) is -0.160. The fourth-order valence-corrected chi connectivity index (χ4v) is 6.57. The minimum absolute atomic E-state index is 0.0721. The maximum absolute atomic E-state index is 12.8. The molecular formula is C41H82N2O6P+. The molecule has 0 aromatic heterocycles. The second-order valence-electron chi connectivity index (χ2n) is 15.4. The van der Waals surface area contributed by atoms with Gasteiger partial charge in [-0.15, -0.1) is 0 Å². The van der Waals surface area contributed by atoms with Gasteiger partial charge in [-0.1, -0.05) is 154 Å². The first-order valence-corrected chi connectivity index (χ1v) is 22.2. The van der Waals surface area contributed by atoms with E-state index in [1.54, 1.807) is 0 Å². The standard InChI is InChI=1S/C41H81N2O6P/c1-6-8-10-12-14-16-18-20-21-23-25-27-29-31-33-35-41(45)42-39(38-49-50(46,47)48-37-36-43(3,4)5)40(44)34-32-30-28-26-24-22-19-17-15-13-11-9-7-2/h14,16,20-21,39-40,44H,6-13,15,17-19,22-38H2,1-5H3,(H-,42,45,46,47)/p+1/b16-14-,21-20-. The Morgan fingerprint density at radius 1 is 0.680 bits per heavy atom. The van der Waals surface area contributed by atoms with Crippen LogP contribution in [0.15, 0.2) is 24.3 Å². The number of carbonyl (C=O) groups excluding carboxylic acids is 1. The van der Waals surface area contributed by atoms with Crippen LogP contribution >= 0.6 is 7.82 Å². The van der Waals surface area contributed by atoms with Crippen LogP contribution in [0.25, 0.3) is 0 Å². The largest absolute Gasteiger partial charge is 0.472 e. The molecule has 0 aromatic carbocycles. The van der Waals surface area contributed by atoms with Crippen molar-refractivity contribution >= 4 is 13.7 Å². The molecule has 0 aliphatic heterocycles. The number of quaternary nitrogens is 1. The number of allylic oxidation sites excluding steroid dienone is 4. The predicted molar refractivity (Wildman–Crippen MR) is 212 cm³/mol. The summed E-state index contributed by atoms with van der Waals surface area (Å²) in [5.41, 5.74) is 0. The summed E-state index contributed by atoms with van der Waals surface area (Å²) >= 11 is 0. The van der Waals surface area contributed by atoms with Gasteiger partial charge in [-0.05, 0) is 44.9 Å². The number of carbonyl (C=O) groups is 1. The lowest BCUT2D eigenvalue weighted by Crippen LogP contribution is -2.46. The number of rotatable bonds is 37. The van der Waals surface area contributed by atoms with Crippen molar-refractivity contribution in [2.75, 3.05) is 40.9 Å². The van der Waals surface area contributed by atoms with E-state index in [2.05, 4.69) is 43.5 Å². The van der Waals surface area contributed by atoms with E-state index in [1.807, 2.05) is 21.1 Å². The molecule has 50 heavy (non-hydrogen) atoms. The van der Waals surface area contributed by atoms with Crippen molar-refractivity contribution in [2.45, 2.75) is 193 Å². The van der Waals surface area contributed by atoms with Crippen LogP contribution in [0, 0.1) is 0 Å². The third kappa shape index (κ3) is 35.4. The fraction of sp³-hybridized carbons (Fsp3) is 0.878. The molecule has 0 saturated heterocycles. The normalized spacial score (nSPS) is 14.8. The second-order valence-corrected chi connectivity index (χ2v) is 16.8. The molecule has 0 fully saturated rings. The van der Waals surface area contributed by atoms with Gasteiger partial charge in [0.15, 0.2) is 0 Å².